The molecule has 6 heterocycles. The molecular weight excluding hydrogens is 1690 g/mol. The van der Waals surface area contributed by atoms with Crippen molar-refractivity contribution in [1.82, 2.24) is 16.0 Å². The number of hydrogen-bond donors (Lipinski definition) is 24. The molecule has 42 nitrogen and oxygen atoms in total. The lowest BCUT2D eigenvalue weighted by molar-refractivity contribution is -0.407. The van der Waals surface area contributed by atoms with E-state index in [1.807, 2.05) is 0 Å². The number of allylic oxidation sites excluding steroid dienone is 2. The molecule has 3 amide bonds. The SMILES string of the molecule is CCCCCCC=CCCCCCCCCCC(=O)NC(COC1OC(CO)C(OC2OC(CO)C(OC3OC(CO)C(O)C(OC4OC(CO)C(O)C(O)C4O)C3CC(C)=O)C(OC3(C(=O)O)CC(O)C(NC(C)=O)C(C(O)C(CO)OC4(C(=O)O)CC(O)C(NC(C)=O)C(C(O)C(O)CO)O4)O3)C2O)C(O)C1O)C(O)CCCCCCCCCCCCCCC. The average Bonchev–Trinajstić information content (AvgIpc) is 0.733. The molecule has 0 aromatic carbocycles. The molecule has 0 bridgehead atoms. The van der Waals surface area contributed by atoms with E-state index in [9.17, 15) is 136 Å². The summed E-state index contributed by atoms with van der Waals surface area (Å²) in [5.41, 5.74) is 0. The summed E-state index contributed by atoms with van der Waals surface area (Å²) in [4.78, 5) is 80.5. The third kappa shape index (κ3) is 32.7. The number of ether oxygens (including phenoxy) is 12. The number of carboxylic acids is 2. The van der Waals surface area contributed by atoms with E-state index >= 15 is 0 Å². The Morgan fingerprint density at radius 3 is 1.39 bits per heavy atom. The fourth-order valence-electron chi connectivity index (χ4n) is 17.2. The summed E-state index contributed by atoms with van der Waals surface area (Å²) in [6.07, 6.45) is -32.6. The standard InChI is InChI=1S/C85H149N3O39/c1-6-8-10-12-14-16-18-20-21-23-25-27-29-31-33-35-60(102)88-50(51(98)34-32-30-28-26-24-22-19-17-15-13-11-9-7-2)45-116-79-70(110)68(108)73(58(43-93)119-79)122-81-71(111)77(74(59(44-94)120-81)123-78-49(36-46(3)95)72(65(105)56(41-91)117-78)121-80-69(109)67(107)64(104)55(40-90)118-80)127-85(83(114)115)38-53(100)62(87-48(5)97)76(126-85)66(106)57(42-92)124-84(82(112)113)37-52(99)61(86-47(4)96)75(125-84)63(103)54(101)39-89/h16,18,49-59,61-81,89-94,98-101,103-111H,6-15,17,19-45H2,1-5H3,(H,86,96)(H,87,97)(H,88,102)(H,112,113)(H,114,115). The Hall–Kier alpha value is -4.48. The van der Waals surface area contributed by atoms with E-state index in [2.05, 4.69) is 41.9 Å². The minimum absolute atomic E-state index is 0.103. The first-order valence-electron chi connectivity index (χ1n) is 45.4. The van der Waals surface area contributed by atoms with Crippen LogP contribution >= 0.6 is 0 Å². The summed E-state index contributed by atoms with van der Waals surface area (Å²) in [5, 5.41) is 245. The lowest BCUT2D eigenvalue weighted by Crippen LogP contribution is -2.72. The minimum Gasteiger partial charge on any atom is -0.477 e. The van der Waals surface area contributed by atoms with Crippen molar-refractivity contribution in [3.8, 4) is 0 Å². The highest BCUT2D eigenvalue weighted by atomic mass is 16.8. The number of aliphatic carboxylic acids is 2. The highest BCUT2D eigenvalue weighted by Crippen LogP contribution is 2.44. The van der Waals surface area contributed by atoms with Crippen molar-refractivity contribution in [3.63, 3.8) is 0 Å². The minimum atomic E-state index is -3.67. The van der Waals surface area contributed by atoms with E-state index in [1.165, 1.54) is 64.2 Å². The summed E-state index contributed by atoms with van der Waals surface area (Å²) in [6.45, 7) is -0.741. The fourth-order valence-corrected chi connectivity index (χ4v) is 17.2. The molecule has 0 aliphatic carbocycles. The Kier molecular flexibility index (Phi) is 49.6. The van der Waals surface area contributed by atoms with E-state index in [1.54, 1.807) is 0 Å². The first kappa shape index (κ1) is 111. The van der Waals surface area contributed by atoms with Crippen LogP contribution in [0.4, 0.5) is 0 Å². The van der Waals surface area contributed by atoms with E-state index in [4.69, 9.17) is 56.8 Å². The van der Waals surface area contributed by atoms with Gasteiger partial charge in [-0.25, -0.2) is 9.59 Å². The van der Waals surface area contributed by atoms with E-state index in [-0.39, 0.29) is 12.8 Å². The van der Waals surface area contributed by atoms with Crippen LogP contribution in [-0.4, -0.2) is 390 Å². The van der Waals surface area contributed by atoms with Crippen molar-refractivity contribution >= 4 is 35.4 Å². The molecule has 42 heteroatoms. The summed E-state index contributed by atoms with van der Waals surface area (Å²) < 4.78 is 72.6. The first-order valence-corrected chi connectivity index (χ1v) is 45.4. The van der Waals surface area contributed by atoms with Crippen molar-refractivity contribution in [2.45, 2.75) is 435 Å². The van der Waals surface area contributed by atoms with Crippen LogP contribution in [0.1, 0.15) is 234 Å². The van der Waals surface area contributed by atoms with Crippen molar-refractivity contribution in [3.05, 3.63) is 12.2 Å². The third-order valence-corrected chi connectivity index (χ3v) is 24.4. The van der Waals surface area contributed by atoms with Gasteiger partial charge >= 0.3 is 11.9 Å². The van der Waals surface area contributed by atoms with Crippen LogP contribution in [0.5, 0.6) is 0 Å². The molecule has 6 aliphatic rings. The molecular formula is C85H149N3O39. The number of carbonyl (C=O) groups excluding carboxylic acids is 4. The molecule has 0 aromatic heterocycles. The summed E-state index contributed by atoms with van der Waals surface area (Å²) >= 11 is 0. The lowest BCUT2D eigenvalue weighted by atomic mass is 9.86. The Morgan fingerprint density at radius 2 is 0.874 bits per heavy atom. The molecule has 6 saturated heterocycles. The van der Waals surface area contributed by atoms with Crippen molar-refractivity contribution < 1.29 is 193 Å². The topological polar surface area (TPSA) is 674 Å². The Labute approximate surface area is 740 Å². The summed E-state index contributed by atoms with van der Waals surface area (Å²) in [6, 6.07) is -5.01. The summed E-state index contributed by atoms with van der Waals surface area (Å²) in [7, 11) is 0. The summed E-state index contributed by atoms with van der Waals surface area (Å²) in [5.74, 6) is -16.5. The Morgan fingerprint density at radius 1 is 0.441 bits per heavy atom. The van der Waals surface area contributed by atoms with E-state index < -0.39 is 308 Å². The maximum absolute atomic E-state index is 14.4. The predicted octanol–water partition coefficient (Wildman–Crippen LogP) is -2.78. The van der Waals surface area contributed by atoms with Crippen molar-refractivity contribution in [1.29, 1.82) is 0 Å². The Bertz CT molecular complexity index is 3190. The second-order valence-corrected chi connectivity index (χ2v) is 34.6. The molecule has 0 radical (unpaired) electrons. The van der Waals surface area contributed by atoms with Crippen molar-refractivity contribution in [2.75, 3.05) is 46.2 Å². The van der Waals surface area contributed by atoms with E-state index in [0.717, 1.165) is 111 Å². The maximum atomic E-state index is 14.4. The zero-order valence-corrected chi connectivity index (χ0v) is 73.7. The molecule has 738 valence electrons. The van der Waals surface area contributed by atoms with Gasteiger partial charge in [-0.05, 0) is 45.4 Å². The molecule has 6 rings (SSSR count). The van der Waals surface area contributed by atoms with Gasteiger partial charge < -0.3 is 185 Å². The Balaban J connectivity index is 1.33. The number of aliphatic hydroxyl groups is 19. The van der Waals surface area contributed by atoms with Gasteiger partial charge in [-0.3, -0.25) is 14.4 Å². The number of rotatable bonds is 60. The van der Waals surface area contributed by atoms with Gasteiger partial charge in [0.1, 0.15) is 128 Å². The van der Waals surface area contributed by atoms with Gasteiger partial charge in [-0.15, -0.1) is 0 Å². The number of amides is 3. The highest BCUT2D eigenvalue weighted by Gasteiger charge is 2.64. The van der Waals surface area contributed by atoms with Gasteiger partial charge in [0.25, 0.3) is 11.6 Å². The molecule has 34 atom stereocenters. The fraction of sp³-hybridized carbons (Fsp3) is 0.906. The number of aliphatic hydroxyl groups excluding tert-OH is 19. The van der Waals surface area contributed by atoms with Gasteiger partial charge in [0.2, 0.25) is 17.7 Å². The quantitative estimate of drug-likeness (QED) is 0.0216. The second-order valence-electron chi connectivity index (χ2n) is 34.6. The molecule has 24 N–H and O–H groups in total. The predicted molar refractivity (Wildman–Crippen MR) is 441 cm³/mol. The molecule has 0 saturated carbocycles. The van der Waals surface area contributed by atoms with E-state index in [0.29, 0.717) is 12.8 Å². The number of hydrogen-bond acceptors (Lipinski definition) is 37. The smallest absolute Gasteiger partial charge is 0.364 e. The third-order valence-electron chi connectivity index (χ3n) is 24.4. The number of nitrogens with one attached hydrogen (secondary N) is 3. The van der Waals surface area contributed by atoms with Gasteiger partial charge in [0, 0.05) is 45.4 Å². The van der Waals surface area contributed by atoms with Gasteiger partial charge in [0.15, 0.2) is 25.2 Å². The second kappa shape index (κ2) is 56.6. The largest absolute Gasteiger partial charge is 0.477 e. The number of carboxylic acid groups (broad SMARTS) is 2. The number of unbranched alkanes of at least 4 members (excludes halogenated alkanes) is 23. The molecule has 127 heavy (non-hydrogen) atoms. The molecule has 6 fully saturated rings. The van der Waals surface area contributed by atoms with Crippen LogP contribution in [0.2, 0.25) is 0 Å². The monoisotopic (exact) mass is 1840 g/mol. The number of ketones is 1. The van der Waals surface area contributed by atoms with Crippen LogP contribution in [0.15, 0.2) is 12.2 Å². The van der Waals surface area contributed by atoms with Gasteiger partial charge in [0.05, 0.1) is 88.8 Å². The highest BCUT2D eigenvalue weighted by molar-refractivity contribution is 5.78. The van der Waals surface area contributed by atoms with Crippen LogP contribution in [-0.2, 0) is 85.6 Å². The van der Waals surface area contributed by atoms with Crippen LogP contribution in [0.25, 0.3) is 0 Å². The zero-order chi connectivity index (χ0) is 93.8. The first-order chi connectivity index (χ1) is 60.6. The average molecular weight is 1840 g/mol. The molecule has 6 aliphatic heterocycles. The molecule has 0 aromatic rings. The maximum Gasteiger partial charge on any atom is 0.364 e. The van der Waals surface area contributed by atoms with Gasteiger partial charge in [-0.2, -0.15) is 0 Å². The van der Waals surface area contributed by atoms with Gasteiger partial charge in [-0.1, -0.05) is 161 Å². The number of carbonyl (C=O) groups is 6. The van der Waals surface area contributed by atoms with Crippen LogP contribution in [0.3, 0.4) is 0 Å². The normalized spacial score (nSPS) is 35.1. The molecule has 0 spiro atoms. The molecule has 34 unspecified atom stereocenters. The van der Waals surface area contributed by atoms with Crippen molar-refractivity contribution in [2.24, 2.45) is 5.92 Å². The van der Waals surface area contributed by atoms with Crippen LogP contribution < -0.4 is 16.0 Å². The van der Waals surface area contributed by atoms with Crippen LogP contribution in [0, 0.1) is 5.92 Å². The lowest BCUT2D eigenvalue weighted by Gasteiger charge is -2.53. The zero-order valence-electron chi connectivity index (χ0n) is 73.7. The number of Topliss-reactive ketones (excluding diaryl/α,β-unsaturated/α-hetero) is 1.